The third-order valence-electron chi connectivity index (χ3n) is 6.17. The first-order chi connectivity index (χ1) is 16.8. The molecule has 3 heterocycles. The van der Waals surface area contributed by atoms with Gasteiger partial charge in [0.15, 0.2) is 11.6 Å². The van der Waals surface area contributed by atoms with Crippen LogP contribution >= 0.6 is 7.29 Å². The molecule has 3 saturated heterocycles. The van der Waals surface area contributed by atoms with Gasteiger partial charge in [0.25, 0.3) is 0 Å². The van der Waals surface area contributed by atoms with E-state index in [2.05, 4.69) is 4.49 Å². The molecule has 2 aromatic rings. The Kier molecular flexibility index (Phi) is 6.47. The molecule has 1 N–H and O–H groups in total. The normalized spacial score (nSPS) is 31.1. The molecule has 5 rings (SSSR count). The zero-order chi connectivity index (χ0) is 25.8. The van der Waals surface area contributed by atoms with Crippen LogP contribution in [0, 0.1) is 0 Å². The molecular formula is C24H30NO9PS. The molecular weight excluding hydrogens is 509 g/mol. The average molecular weight is 540 g/mol. The topological polar surface area (TPSA) is 119 Å². The zero-order valence-corrected chi connectivity index (χ0v) is 22.2. The van der Waals surface area contributed by atoms with Gasteiger partial charge in [-0.05, 0) is 52.0 Å². The van der Waals surface area contributed by atoms with Gasteiger partial charge in [0.05, 0.1) is 6.61 Å². The Labute approximate surface area is 210 Å². The predicted molar refractivity (Wildman–Crippen MR) is 130 cm³/mol. The molecule has 2 aromatic carbocycles. The quantitative estimate of drug-likeness (QED) is 0.528. The molecule has 0 saturated carbocycles. The lowest BCUT2D eigenvalue weighted by Crippen LogP contribution is -2.60. The summed E-state index contributed by atoms with van der Waals surface area (Å²) in [7, 11) is -8.39. The highest BCUT2D eigenvalue weighted by Gasteiger charge is 2.66. The Morgan fingerprint density at radius 1 is 0.917 bits per heavy atom. The summed E-state index contributed by atoms with van der Waals surface area (Å²) in [4.78, 5) is 0. The van der Waals surface area contributed by atoms with Crippen molar-refractivity contribution in [2.24, 2.45) is 0 Å². The van der Waals surface area contributed by atoms with Crippen LogP contribution in [-0.4, -0.2) is 57.3 Å². The Bertz CT molecular complexity index is 1210. The highest BCUT2D eigenvalue weighted by Crippen LogP contribution is 2.48. The minimum absolute atomic E-state index is 0.0907. The SMILES string of the molecule is CC1(C)OC2[C@@H](CO[C@@]3(COS(=O)(=O)NP(=O)(c4ccccc4)c4ccccc4)OC(C)(C)O[C@@H]23)O1. The average Bonchev–Trinajstić information content (AvgIpc) is 3.30. The fourth-order valence-corrected chi connectivity index (χ4v) is 8.94. The van der Waals surface area contributed by atoms with Crippen molar-refractivity contribution < 1.29 is 40.9 Å². The number of fused-ring (bicyclic) bond motifs is 3. The molecule has 0 radical (unpaired) electrons. The molecule has 36 heavy (non-hydrogen) atoms. The van der Waals surface area contributed by atoms with E-state index in [1.165, 1.54) is 0 Å². The first kappa shape index (κ1) is 26.0. The van der Waals surface area contributed by atoms with Gasteiger partial charge < -0.3 is 23.7 Å². The van der Waals surface area contributed by atoms with Gasteiger partial charge in [0.2, 0.25) is 13.1 Å². The monoisotopic (exact) mass is 539 g/mol. The number of hydrogen-bond acceptors (Lipinski definition) is 9. The van der Waals surface area contributed by atoms with E-state index in [4.69, 9.17) is 27.9 Å². The van der Waals surface area contributed by atoms with Crippen LogP contribution in [0.2, 0.25) is 0 Å². The summed E-state index contributed by atoms with van der Waals surface area (Å²) in [6.45, 7) is 6.49. The maximum atomic E-state index is 14.1. The van der Waals surface area contributed by atoms with Crippen LogP contribution in [0.15, 0.2) is 60.7 Å². The second kappa shape index (κ2) is 8.97. The second-order valence-corrected chi connectivity index (χ2v) is 14.0. The summed E-state index contributed by atoms with van der Waals surface area (Å²) in [5, 5.41) is 0.632. The molecule has 3 aliphatic rings. The second-order valence-electron chi connectivity index (χ2n) is 9.89. The number of rotatable bonds is 7. The van der Waals surface area contributed by atoms with E-state index in [0.29, 0.717) is 10.6 Å². The molecule has 0 bridgehead atoms. The van der Waals surface area contributed by atoms with Crippen LogP contribution in [0.4, 0.5) is 0 Å². The molecule has 10 nitrogen and oxygen atoms in total. The number of nitrogens with one attached hydrogen (secondary N) is 1. The molecule has 196 valence electrons. The summed E-state index contributed by atoms with van der Waals surface area (Å²) in [5.74, 6) is -3.54. The van der Waals surface area contributed by atoms with Crippen molar-refractivity contribution in [2.75, 3.05) is 13.2 Å². The fraction of sp³-hybridized carbons (Fsp3) is 0.500. The maximum absolute atomic E-state index is 14.1. The van der Waals surface area contributed by atoms with E-state index >= 15 is 0 Å². The summed E-state index contributed by atoms with van der Waals surface area (Å²) in [6, 6.07) is 16.7. The lowest BCUT2D eigenvalue weighted by molar-refractivity contribution is -0.290. The zero-order valence-electron chi connectivity index (χ0n) is 20.4. The van der Waals surface area contributed by atoms with E-state index in [9.17, 15) is 13.0 Å². The summed E-state index contributed by atoms with van der Waals surface area (Å²) >= 11 is 0. The Hall–Kier alpha value is -1.66. The van der Waals surface area contributed by atoms with Crippen LogP contribution in [-0.2, 0) is 42.7 Å². The lowest BCUT2D eigenvalue weighted by atomic mass is 9.98. The van der Waals surface area contributed by atoms with Crippen LogP contribution in [0.25, 0.3) is 0 Å². The van der Waals surface area contributed by atoms with Gasteiger partial charge in [0, 0.05) is 10.6 Å². The van der Waals surface area contributed by atoms with Crippen molar-refractivity contribution in [3.05, 3.63) is 60.7 Å². The summed E-state index contributed by atoms with van der Waals surface area (Å²) in [5.41, 5.74) is 0. The van der Waals surface area contributed by atoms with E-state index in [-0.39, 0.29) is 6.61 Å². The number of ether oxygens (including phenoxy) is 5. The van der Waals surface area contributed by atoms with Gasteiger partial charge in [-0.15, -0.1) is 4.49 Å². The minimum Gasteiger partial charge on any atom is -0.343 e. The molecule has 4 atom stereocenters. The van der Waals surface area contributed by atoms with Crippen LogP contribution in [0.3, 0.4) is 0 Å². The summed E-state index contributed by atoms with van der Waals surface area (Å²) in [6.07, 6.45) is -1.80. The molecule has 3 aliphatic heterocycles. The molecule has 0 spiro atoms. The largest absolute Gasteiger partial charge is 0.343 e. The first-order valence-electron chi connectivity index (χ1n) is 11.6. The Balaban J connectivity index is 1.40. The van der Waals surface area contributed by atoms with Crippen molar-refractivity contribution in [3.8, 4) is 0 Å². The summed E-state index contributed by atoms with van der Waals surface area (Å²) < 4.78 is 78.2. The van der Waals surface area contributed by atoms with Gasteiger partial charge in [-0.2, -0.15) is 8.42 Å². The van der Waals surface area contributed by atoms with Gasteiger partial charge in [0.1, 0.15) is 24.9 Å². The molecule has 3 fully saturated rings. The van der Waals surface area contributed by atoms with E-state index in [1.54, 1.807) is 88.4 Å². The van der Waals surface area contributed by atoms with Crippen molar-refractivity contribution >= 4 is 28.2 Å². The van der Waals surface area contributed by atoms with Gasteiger partial charge >= 0.3 is 10.3 Å². The predicted octanol–water partition coefficient (Wildman–Crippen LogP) is 2.16. The molecule has 0 aromatic heterocycles. The van der Waals surface area contributed by atoms with Gasteiger partial charge in [-0.1, -0.05) is 36.4 Å². The van der Waals surface area contributed by atoms with Crippen molar-refractivity contribution in [1.29, 1.82) is 0 Å². The molecule has 0 amide bonds. The van der Waals surface area contributed by atoms with E-state index < -0.39 is 59.9 Å². The highest BCUT2D eigenvalue weighted by molar-refractivity contribution is 7.96. The lowest BCUT2D eigenvalue weighted by Gasteiger charge is -2.40. The van der Waals surface area contributed by atoms with Crippen LogP contribution < -0.4 is 15.1 Å². The van der Waals surface area contributed by atoms with Crippen LogP contribution in [0.1, 0.15) is 27.7 Å². The Morgan fingerprint density at radius 2 is 1.50 bits per heavy atom. The van der Waals surface area contributed by atoms with Crippen molar-refractivity contribution in [1.82, 2.24) is 4.49 Å². The molecule has 1 unspecified atom stereocenters. The van der Waals surface area contributed by atoms with E-state index in [1.807, 2.05) is 0 Å². The van der Waals surface area contributed by atoms with Crippen LogP contribution in [0.5, 0.6) is 0 Å². The fourth-order valence-electron chi connectivity index (χ4n) is 4.82. The third-order valence-corrected chi connectivity index (χ3v) is 10.6. The standard InChI is InChI=1S/C24H30NO9PS/c1-22(2)31-19-15-29-24(21(20(19)32-22)33-23(3,4)34-24)16-30-36(27,28)25-35(26,17-11-7-5-8-12-17)18-13-9-6-10-14-18/h5-14,19-21H,15-16H2,1-4H3,(H,25,26)/t19-,20?,21+,24+/m1/s1. The third kappa shape index (κ3) is 4.92. The Morgan fingerprint density at radius 3 is 2.08 bits per heavy atom. The minimum atomic E-state index is -4.56. The van der Waals surface area contributed by atoms with Gasteiger partial charge in [-0.25, -0.2) is 0 Å². The smallest absolute Gasteiger partial charge is 0.342 e. The van der Waals surface area contributed by atoms with Gasteiger partial charge in [-0.3, -0.25) is 8.75 Å². The van der Waals surface area contributed by atoms with Crippen molar-refractivity contribution in [3.63, 3.8) is 0 Å². The number of benzene rings is 2. The first-order valence-corrected chi connectivity index (χ1v) is 14.7. The molecule has 12 heteroatoms. The molecule has 0 aliphatic carbocycles. The van der Waals surface area contributed by atoms with E-state index in [0.717, 1.165) is 0 Å². The van der Waals surface area contributed by atoms with Crippen molar-refractivity contribution in [2.45, 2.75) is 63.4 Å². The highest BCUT2D eigenvalue weighted by atomic mass is 32.2. The maximum Gasteiger partial charge on any atom is 0.342 e. The number of hydrogen-bond donors (Lipinski definition) is 1.